The molecule has 0 aliphatic heterocycles. The van der Waals surface area contributed by atoms with E-state index in [-0.39, 0.29) is 23.6 Å². The summed E-state index contributed by atoms with van der Waals surface area (Å²) >= 11 is 0. The number of aliphatic hydroxyl groups excluding tert-OH is 1. The van der Waals surface area contributed by atoms with Gasteiger partial charge in [-0.1, -0.05) is 11.8 Å². The third-order valence-electron chi connectivity index (χ3n) is 2.74. The SMILES string of the molecule is O=C(NCCc1ncc[nH]1)c1ccc(C#CCO)c(F)c1. The average molecular weight is 287 g/mol. The zero-order chi connectivity index (χ0) is 15.1. The number of aromatic amines is 1. The number of H-pyrrole nitrogens is 1. The molecule has 0 saturated carbocycles. The highest BCUT2D eigenvalue weighted by molar-refractivity contribution is 5.94. The number of hydrogen-bond donors (Lipinski definition) is 3. The Morgan fingerprint density at radius 1 is 1.48 bits per heavy atom. The summed E-state index contributed by atoms with van der Waals surface area (Å²) in [6, 6.07) is 4.04. The van der Waals surface area contributed by atoms with E-state index in [1.165, 1.54) is 12.1 Å². The molecule has 1 aromatic heterocycles. The van der Waals surface area contributed by atoms with E-state index >= 15 is 0 Å². The number of nitrogens with zero attached hydrogens (tertiary/aromatic N) is 1. The predicted octanol–water partition coefficient (Wildman–Crippen LogP) is 0.865. The van der Waals surface area contributed by atoms with Crippen molar-refractivity contribution in [2.75, 3.05) is 13.2 Å². The number of amides is 1. The molecule has 0 unspecified atom stereocenters. The number of imidazole rings is 1. The summed E-state index contributed by atoms with van der Waals surface area (Å²) in [6.45, 7) is 0.0640. The summed E-state index contributed by atoms with van der Waals surface area (Å²) in [5.74, 6) is 4.66. The summed E-state index contributed by atoms with van der Waals surface area (Å²) in [6.07, 6.45) is 3.92. The lowest BCUT2D eigenvalue weighted by Crippen LogP contribution is -2.26. The quantitative estimate of drug-likeness (QED) is 0.730. The Hall–Kier alpha value is -2.65. The first-order valence-electron chi connectivity index (χ1n) is 6.36. The molecule has 5 nitrogen and oxygen atoms in total. The molecule has 0 atom stereocenters. The molecule has 1 amide bonds. The number of hydrogen-bond acceptors (Lipinski definition) is 3. The van der Waals surface area contributed by atoms with E-state index in [1.54, 1.807) is 12.4 Å². The number of halogens is 1. The number of carbonyl (C=O) groups is 1. The molecule has 0 aliphatic rings. The molecule has 0 aliphatic carbocycles. The molecule has 3 N–H and O–H groups in total. The Kier molecular flexibility index (Phi) is 5.07. The minimum Gasteiger partial charge on any atom is -0.384 e. The fourth-order valence-electron chi connectivity index (χ4n) is 1.72. The van der Waals surface area contributed by atoms with Crippen LogP contribution in [-0.2, 0) is 6.42 Å². The van der Waals surface area contributed by atoms with Gasteiger partial charge in [0.1, 0.15) is 18.2 Å². The maximum Gasteiger partial charge on any atom is 0.251 e. The minimum atomic E-state index is -0.588. The number of rotatable bonds is 4. The van der Waals surface area contributed by atoms with Crippen molar-refractivity contribution in [2.45, 2.75) is 6.42 Å². The lowest BCUT2D eigenvalue weighted by Gasteiger charge is -2.05. The Labute approximate surface area is 121 Å². The van der Waals surface area contributed by atoms with Crippen LogP contribution in [0.15, 0.2) is 30.6 Å². The standard InChI is InChI=1S/C15H14FN3O2/c16-13-10-12(4-3-11(13)2-1-9-20)15(21)19-6-5-14-17-7-8-18-14/h3-4,7-8,10,20H,5-6,9H2,(H,17,18)(H,19,21). The molecule has 0 bridgehead atoms. The molecule has 21 heavy (non-hydrogen) atoms. The zero-order valence-corrected chi connectivity index (χ0v) is 11.2. The van der Waals surface area contributed by atoms with Gasteiger partial charge < -0.3 is 15.4 Å². The number of aliphatic hydroxyl groups is 1. The molecule has 0 spiro atoms. The topological polar surface area (TPSA) is 78.0 Å². The highest BCUT2D eigenvalue weighted by Crippen LogP contribution is 2.09. The van der Waals surface area contributed by atoms with Crippen LogP contribution in [0.3, 0.4) is 0 Å². The number of aromatic nitrogens is 2. The molecule has 0 saturated heterocycles. The van der Waals surface area contributed by atoms with E-state index in [0.29, 0.717) is 13.0 Å². The first-order chi connectivity index (χ1) is 10.2. The van der Waals surface area contributed by atoms with Gasteiger partial charge in [0, 0.05) is 30.9 Å². The van der Waals surface area contributed by atoms with Crippen LogP contribution in [0, 0.1) is 17.7 Å². The Bertz CT molecular complexity index is 672. The number of carbonyl (C=O) groups excluding carboxylic acids is 1. The highest BCUT2D eigenvalue weighted by atomic mass is 19.1. The lowest BCUT2D eigenvalue weighted by atomic mass is 10.1. The van der Waals surface area contributed by atoms with Crippen molar-refractivity contribution >= 4 is 5.91 Å². The van der Waals surface area contributed by atoms with E-state index in [1.807, 2.05) is 0 Å². The lowest BCUT2D eigenvalue weighted by molar-refractivity contribution is 0.0953. The van der Waals surface area contributed by atoms with Crippen molar-refractivity contribution in [2.24, 2.45) is 0 Å². The van der Waals surface area contributed by atoms with Crippen molar-refractivity contribution < 1.29 is 14.3 Å². The molecule has 6 heteroatoms. The van der Waals surface area contributed by atoms with E-state index in [2.05, 4.69) is 27.1 Å². The van der Waals surface area contributed by atoms with Gasteiger partial charge in [0.15, 0.2) is 0 Å². The van der Waals surface area contributed by atoms with E-state index in [4.69, 9.17) is 5.11 Å². The van der Waals surface area contributed by atoms with Crippen LogP contribution in [0.5, 0.6) is 0 Å². The van der Waals surface area contributed by atoms with Crippen LogP contribution in [0.1, 0.15) is 21.7 Å². The van der Waals surface area contributed by atoms with Crippen molar-refractivity contribution in [3.63, 3.8) is 0 Å². The van der Waals surface area contributed by atoms with Gasteiger partial charge in [-0.2, -0.15) is 0 Å². The monoisotopic (exact) mass is 287 g/mol. The van der Waals surface area contributed by atoms with Gasteiger partial charge in [0.05, 0.1) is 5.56 Å². The molecule has 2 rings (SSSR count). The normalized spacial score (nSPS) is 9.81. The van der Waals surface area contributed by atoms with Crippen molar-refractivity contribution in [3.05, 3.63) is 53.4 Å². The van der Waals surface area contributed by atoms with E-state index in [0.717, 1.165) is 11.9 Å². The summed E-state index contributed by atoms with van der Waals surface area (Å²) in [5.41, 5.74) is 0.373. The molecule has 2 aromatic rings. The molecule has 0 fully saturated rings. The van der Waals surface area contributed by atoms with Gasteiger partial charge in [-0.25, -0.2) is 9.37 Å². The largest absolute Gasteiger partial charge is 0.384 e. The van der Waals surface area contributed by atoms with Gasteiger partial charge in [0.25, 0.3) is 5.91 Å². The Morgan fingerprint density at radius 3 is 3.00 bits per heavy atom. The van der Waals surface area contributed by atoms with Gasteiger partial charge in [-0.05, 0) is 18.2 Å². The first kappa shape index (κ1) is 14.8. The Morgan fingerprint density at radius 2 is 2.33 bits per heavy atom. The van der Waals surface area contributed by atoms with Crippen LogP contribution >= 0.6 is 0 Å². The fraction of sp³-hybridized carbons (Fsp3) is 0.200. The number of benzene rings is 1. The maximum atomic E-state index is 13.7. The van der Waals surface area contributed by atoms with Crippen molar-refractivity contribution in [3.8, 4) is 11.8 Å². The molecule has 1 heterocycles. The van der Waals surface area contributed by atoms with Gasteiger partial charge in [0.2, 0.25) is 0 Å². The van der Waals surface area contributed by atoms with Crippen molar-refractivity contribution in [1.82, 2.24) is 15.3 Å². The van der Waals surface area contributed by atoms with E-state index in [9.17, 15) is 9.18 Å². The van der Waals surface area contributed by atoms with Crippen LogP contribution in [-0.4, -0.2) is 34.1 Å². The molecular weight excluding hydrogens is 273 g/mol. The maximum absolute atomic E-state index is 13.7. The summed E-state index contributed by atoms with van der Waals surface area (Å²) in [5, 5.41) is 11.3. The zero-order valence-electron chi connectivity index (χ0n) is 11.2. The van der Waals surface area contributed by atoms with Gasteiger partial charge in [-0.15, -0.1) is 0 Å². The molecule has 0 radical (unpaired) electrons. The Balaban J connectivity index is 1.94. The highest BCUT2D eigenvalue weighted by Gasteiger charge is 2.08. The summed E-state index contributed by atoms with van der Waals surface area (Å²) in [4.78, 5) is 18.8. The second-order valence-electron chi connectivity index (χ2n) is 4.20. The van der Waals surface area contributed by atoms with Crippen LogP contribution in [0.2, 0.25) is 0 Å². The molecule has 108 valence electrons. The van der Waals surface area contributed by atoms with Gasteiger partial charge >= 0.3 is 0 Å². The second kappa shape index (κ2) is 7.22. The fourth-order valence-corrected chi connectivity index (χ4v) is 1.72. The predicted molar refractivity (Wildman–Crippen MR) is 75.0 cm³/mol. The second-order valence-corrected chi connectivity index (χ2v) is 4.20. The van der Waals surface area contributed by atoms with Crippen molar-refractivity contribution in [1.29, 1.82) is 0 Å². The third-order valence-corrected chi connectivity index (χ3v) is 2.74. The number of nitrogens with one attached hydrogen (secondary N) is 2. The third kappa shape index (κ3) is 4.16. The smallest absolute Gasteiger partial charge is 0.251 e. The first-order valence-corrected chi connectivity index (χ1v) is 6.36. The molecular formula is C15H14FN3O2. The van der Waals surface area contributed by atoms with Gasteiger partial charge in [-0.3, -0.25) is 4.79 Å². The van der Waals surface area contributed by atoms with Crippen LogP contribution < -0.4 is 5.32 Å². The van der Waals surface area contributed by atoms with Crippen LogP contribution in [0.25, 0.3) is 0 Å². The summed E-state index contributed by atoms with van der Waals surface area (Å²) in [7, 11) is 0. The van der Waals surface area contributed by atoms with Crippen LogP contribution in [0.4, 0.5) is 4.39 Å². The minimum absolute atomic E-state index is 0.149. The molecule has 1 aromatic carbocycles. The average Bonchev–Trinajstić information content (AvgIpc) is 2.99. The summed E-state index contributed by atoms with van der Waals surface area (Å²) < 4.78 is 13.7. The van der Waals surface area contributed by atoms with E-state index < -0.39 is 5.82 Å².